The average molecular weight is 235 g/mol. The summed E-state index contributed by atoms with van der Waals surface area (Å²) in [5.41, 5.74) is 7.39. The van der Waals surface area contributed by atoms with Crippen LogP contribution in [0.15, 0.2) is 36.8 Å². The zero-order valence-electron chi connectivity index (χ0n) is 10.2. The van der Waals surface area contributed by atoms with E-state index in [-0.39, 0.29) is 5.82 Å². The van der Waals surface area contributed by atoms with Gasteiger partial charge in [-0.1, -0.05) is 26.0 Å². The molecule has 1 aromatic carbocycles. The van der Waals surface area contributed by atoms with E-state index in [1.165, 1.54) is 12.1 Å². The first-order valence-corrected chi connectivity index (χ1v) is 5.73. The summed E-state index contributed by atoms with van der Waals surface area (Å²) in [6, 6.07) is 6.52. The van der Waals surface area contributed by atoms with Crippen LogP contribution < -0.4 is 5.73 Å². The maximum absolute atomic E-state index is 12.9. The Bertz CT molecular complexity index is 451. The van der Waals surface area contributed by atoms with Crippen molar-refractivity contribution in [2.45, 2.75) is 26.9 Å². The molecule has 0 aliphatic heterocycles. The molecule has 2 aromatic rings. The standard InChI is InChI=1S/C11H12FN3.C2H6/c12-10-3-1-2-9(4-10)7-15-8-14-6-11(15)5-13;1-2/h1-4,6,8H,5,7,13H2;1-2H3. The number of rotatable bonds is 3. The van der Waals surface area contributed by atoms with Crippen molar-refractivity contribution in [2.75, 3.05) is 0 Å². The number of aromatic nitrogens is 2. The van der Waals surface area contributed by atoms with E-state index < -0.39 is 0 Å². The molecule has 1 aromatic heterocycles. The van der Waals surface area contributed by atoms with Gasteiger partial charge in [-0.3, -0.25) is 0 Å². The minimum Gasteiger partial charge on any atom is -0.329 e. The van der Waals surface area contributed by atoms with Crippen LogP contribution in [-0.4, -0.2) is 9.55 Å². The van der Waals surface area contributed by atoms with Crippen LogP contribution in [0, 0.1) is 5.82 Å². The van der Waals surface area contributed by atoms with Gasteiger partial charge in [0.2, 0.25) is 0 Å². The molecule has 0 fully saturated rings. The van der Waals surface area contributed by atoms with Crippen molar-refractivity contribution in [2.24, 2.45) is 5.73 Å². The van der Waals surface area contributed by atoms with Gasteiger partial charge in [0.1, 0.15) is 5.82 Å². The highest BCUT2D eigenvalue weighted by Gasteiger charge is 2.01. The molecule has 4 heteroatoms. The molecule has 0 saturated carbocycles. The molecule has 0 atom stereocenters. The molecule has 2 rings (SSSR count). The van der Waals surface area contributed by atoms with Gasteiger partial charge in [0, 0.05) is 19.3 Å². The van der Waals surface area contributed by atoms with Gasteiger partial charge >= 0.3 is 0 Å². The number of imidazole rings is 1. The van der Waals surface area contributed by atoms with Gasteiger partial charge in [0.25, 0.3) is 0 Å². The predicted octanol–water partition coefficient (Wildman–Crippen LogP) is 2.56. The fourth-order valence-corrected chi connectivity index (χ4v) is 1.49. The Hall–Kier alpha value is -1.68. The van der Waals surface area contributed by atoms with Crippen LogP contribution in [0.2, 0.25) is 0 Å². The second kappa shape index (κ2) is 6.81. The molecule has 2 N–H and O–H groups in total. The van der Waals surface area contributed by atoms with Crippen LogP contribution in [0.1, 0.15) is 25.1 Å². The third kappa shape index (κ3) is 3.67. The normalized spacial score (nSPS) is 9.65. The van der Waals surface area contributed by atoms with Crippen LogP contribution >= 0.6 is 0 Å². The Kier molecular flexibility index (Phi) is 5.36. The molecule has 0 amide bonds. The summed E-state index contributed by atoms with van der Waals surface area (Å²) in [7, 11) is 0. The van der Waals surface area contributed by atoms with Gasteiger partial charge in [-0.25, -0.2) is 9.37 Å². The van der Waals surface area contributed by atoms with Crippen molar-refractivity contribution in [3.05, 3.63) is 53.9 Å². The molecular formula is C13H18FN3. The summed E-state index contributed by atoms with van der Waals surface area (Å²) in [4.78, 5) is 4.00. The van der Waals surface area contributed by atoms with Crippen molar-refractivity contribution < 1.29 is 4.39 Å². The molecule has 0 spiro atoms. The smallest absolute Gasteiger partial charge is 0.123 e. The fraction of sp³-hybridized carbons (Fsp3) is 0.308. The first-order chi connectivity index (χ1) is 8.29. The quantitative estimate of drug-likeness (QED) is 0.888. The van der Waals surface area contributed by atoms with Gasteiger partial charge in [-0.2, -0.15) is 0 Å². The van der Waals surface area contributed by atoms with Gasteiger partial charge in [0.15, 0.2) is 0 Å². The van der Waals surface area contributed by atoms with Crippen molar-refractivity contribution in [3.8, 4) is 0 Å². The number of halogens is 1. The number of nitrogens with two attached hydrogens (primary N) is 1. The first-order valence-electron chi connectivity index (χ1n) is 5.73. The number of nitrogens with zero attached hydrogens (tertiary/aromatic N) is 2. The van der Waals surface area contributed by atoms with Gasteiger partial charge in [-0.15, -0.1) is 0 Å². The zero-order chi connectivity index (χ0) is 12.7. The lowest BCUT2D eigenvalue weighted by Gasteiger charge is -2.06. The molecule has 1 heterocycles. The van der Waals surface area contributed by atoms with E-state index >= 15 is 0 Å². The highest BCUT2D eigenvalue weighted by atomic mass is 19.1. The summed E-state index contributed by atoms with van der Waals surface area (Å²) in [6.45, 7) is 5.04. The molecule has 0 aliphatic carbocycles. The largest absolute Gasteiger partial charge is 0.329 e. The minimum atomic E-state index is -0.220. The highest BCUT2D eigenvalue weighted by Crippen LogP contribution is 2.07. The third-order valence-electron chi connectivity index (χ3n) is 2.25. The maximum atomic E-state index is 12.9. The summed E-state index contributed by atoms with van der Waals surface area (Å²) >= 11 is 0. The Balaban J connectivity index is 0.000000686. The molecular weight excluding hydrogens is 217 g/mol. The monoisotopic (exact) mass is 235 g/mol. The van der Waals surface area contributed by atoms with Crippen LogP contribution in [0.5, 0.6) is 0 Å². The van der Waals surface area contributed by atoms with Gasteiger partial charge < -0.3 is 10.3 Å². The topological polar surface area (TPSA) is 43.8 Å². The molecule has 92 valence electrons. The Morgan fingerprint density at radius 2 is 2.12 bits per heavy atom. The summed E-state index contributed by atoms with van der Waals surface area (Å²) in [6.07, 6.45) is 3.42. The molecule has 0 radical (unpaired) electrons. The van der Waals surface area contributed by atoms with E-state index in [0.29, 0.717) is 13.1 Å². The summed E-state index contributed by atoms with van der Waals surface area (Å²) in [5, 5.41) is 0. The summed E-state index contributed by atoms with van der Waals surface area (Å²) < 4.78 is 14.8. The number of hydrogen-bond donors (Lipinski definition) is 1. The number of hydrogen-bond acceptors (Lipinski definition) is 2. The van der Waals surface area contributed by atoms with E-state index in [0.717, 1.165) is 11.3 Å². The van der Waals surface area contributed by atoms with E-state index in [9.17, 15) is 4.39 Å². The lowest BCUT2D eigenvalue weighted by Crippen LogP contribution is -2.07. The van der Waals surface area contributed by atoms with Gasteiger partial charge in [0.05, 0.1) is 12.0 Å². The molecule has 3 nitrogen and oxygen atoms in total. The number of benzene rings is 1. The van der Waals surface area contributed by atoms with Crippen molar-refractivity contribution >= 4 is 0 Å². The SMILES string of the molecule is CC.NCc1cncn1Cc1cccc(F)c1. The molecule has 0 aliphatic rings. The second-order valence-corrected chi connectivity index (χ2v) is 3.35. The highest BCUT2D eigenvalue weighted by molar-refractivity contribution is 5.17. The van der Waals surface area contributed by atoms with E-state index in [2.05, 4.69) is 4.98 Å². The van der Waals surface area contributed by atoms with E-state index in [4.69, 9.17) is 5.73 Å². The van der Waals surface area contributed by atoms with E-state index in [1.807, 2.05) is 24.5 Å². The van der Waals surface area contributed by atoms with Gasteiger partial charge in [-0.05, 0) is 17.7 Å². The Morgan fingerprint density at radius 1 is 1.35 bits per heavy atom. The maximum Gasteiger partial charge on any atom is 0.123 e. The van der Waals surface area contributed by atoms with Crippen molar-refractivity contribution in [1.29, 1.82) is 0 Å². The minimum absolute atomic E-state index is 0.220. The van der Waals surface area contributed by atoms with Crippen molar-refractivity contribution in [1.82, 2.24) is 9.55 Å². The lowest BCUT2D eigenvalue weighted by atomic mass is 10.2. The van der Waals surface area contributed by atoms with Crippen LogP contribution in [0.25, 0.3) is 0 Å². The van der Waals surface area contributed by atoms with Crippen molar-refractivity contribution in [3.63, 3.8) is 0 Å². The molecule has 17 heavy (non-hydrogen) atoms. The first kappa shape index (κ1) is 13.4. The fourth-order valence-electron chi connectivity index (χ4n) is 1.49. The molecule has 0 saturated heterocycles. The average Bonchev–Trinajstić information content (AvgIpc) is 2.79. The zero-order valence-corrected chi connectivity index (χ0v) is 10.2. The Morgan fingerprint density at radius 3 is 2.76 bits per heavy atom. The van der Waals surface area contributed by atoms with Crippen LogP contribution in [0.3, 0.4) is 0 Å². The summed E-state index contributed by atoms with van der Waals surface area (Å²) in [5.74, 6) is -0.220. The molecule has 0 unspecified atom stereocenters. The third-order valence-corrected chi connectivity index (χ3v) is 2.25. The predicted molar refractivity (Wildman–Crippen MR) is 67.0 cm³/mol. The Labute approximate surface area is 101 Å². The van der Waals surface area contributed by atoms with Crippen LogP contribution in [-0.2, 0) is 13.1 Å². The van der Waals surface area contributed by atoms with Crippen LogP contribution in [0.4, 0.5) is 4.39 Å². The molecule has 0 bridgehead atoms. The lowest BCUT2D eigenvalue weighted by molar-refractivity contribution is 0.622. The second-order valence-electron chi connectivity index (χ2n) is 3.35. The van der Waals surface area contributed by atoms with E-state index in [1.54, 1.807) is 18.6 Å².